The Morgan fingerprint density at radius 1 is 0.879 bits per heavy atom. The minimum atomic E-state index is -0.622. The van der Waals surface area contributed by atoms with Crippen LogP contribution in [0.3, 0.4) is 0 Å². The predicted octanol–water partition coefficient (Wildman–Crippen LogP) is 5.65. The predicted molar refractivity (Wildman–Crippen MR) is 127 cm³/mol. The van der Waals surface area contributed by atoms with Crippen molar-refractivity contribution < 1.29 is 8.78 Å². The summed E-state index contributed by atoms with van der Waals surface area (Å²) in [5, 5.41) is 10.0. The van der Waals surface area contributed by atoms with Gasteiger partial charge in [-0.3, -0.25) is 4.98 Å². The van der Waals surface area contributed by atoms with Crippen LogP contribution in [0.1, 0.15) is 18.4 Å². The number of halogens is 2. The number of hydrogen-bond acceptors (Lipinski definition) is 4. The highest BCUT2D eigenvalue weighted by Crippen LogP contribution is 2.39. The Morgan fingerprint density at radius 3 is 2.21 bits per heavy atom. The van der Waals surface area contributed by atoms with Gasteiger partial charge in [0.25, 0.3) is 0 Å². The van der Waals surface area contributed by atoms with Crippen molar-refractivity contribution in [3.05, 3.63) is 84.1 Å². The molecule has 2 heterocycles. The Kier molecular flexibility index (Phi) is 5.49. The molecule has 1 aliphatic heterocycles. The molecular formula is C27H22F2N4. The van der Waals surface area contributed by atoms with Crippen LogP contribution in [0.25, 0.3) is 33.2 Å². The Morgan fingerprint density at radius 2 is 1.55 bits per heavy atom. The van der Waals surface area contributed by atoms with E-state index in [1.54, 1.807) is 18.3 Å². The molecule has 1 aromatic heterocycles. The van der Waals surface area contributed by atoms with E-state index in [1.165, 1.54) is 12.1 Å². The molecule has 1 saturated heterocycles. The number of piperidine rings is 1. The topological polar surface area (TPSA) is 65.9 Å². The van der Waals surface area contributed by atoms with Crippen molar-refractivity contribution in [1.82, 2.24) is 4.98 Å². The second kappa shape index (κ2) is 8.61. The Balaban J connectivity index is 1.72. The van der Waals surface area contributed by atoms with Gasteiger partial charge in [0.15, 0.2) is 0 Å². The Labute approximate surface area is 190 Å². The van der Waals surface area contributed by atoms with Crippen LogP contribution in [-0.2, 0) is 0 Å². The van der Waals surface area contributed by atoms with Crippen molar-refractivity contribution in [2.75, 3.05) is 18.0 Å². The summed E-state index contributed by atoms with van der Waals surface area (Å²) in [6.45, 7) is 1.51. The van der Waals surface area contributed by atoms with Crippen LogP contribution in [0.4, 0.5) is 14.5 Å². The third-order valence-electron chi connectivity index (χ3n) is 6.22. The number of nitriles is 1. The first-order valence-electron chi connectivity index (χ1n) is 10.9. The smallest absolute Gasteiger partial charge is 0.126 e. The van der Waals surface area contributed by atoms with E-state index >= 15 is 0 Å². The van der Waals surface area contributed by atoms with E-state index in [2.05, 4.69) is 22.0 Å². The fraction of sp³-hybridized carbons (Fsp3) is 0.185. The second-order valence-electron chi connectivity index (χ2n) is 8.42. The molecule has 0 spiro atoms. The maximum Gasteiger partial charge on any atom is 0.126 e. The molecule has 3 aromatic carbocycles. The zero-order chi connectivity index (χ0) is 22.9. The summed E-state index contributed by atoms with van der Waals surface area (Å²) in [6.07, 6.45) is 3.38. The summed E-state index contributed by atoms with van der Waals surface area (Å²) >= 11 is 0. The molecule has 0 radical (unpaired) electrons. The molecule has 4 aromatic rings. The first-order chi connectivity index (χ1) is 16.0. The number of rotatable bonds is 3. The number of nitrogens with zero attached hydrogens (tertiary/aromatic N) is 3. The highest BCUT2D eigenvalue weighted by Gasteiger charge is 2.23. The van der Waals surface area contributed by atoms with E-state index in [4.69, 9.17) is 11.0 Å². The van der Waals surface area contributed by atoms with Gasteiger partial charge in [-0.2, -0.15) is 5.26 Å². The summed E-state index contributed by atoms with van der Waals surface area (Å²) in [5.41, 5.74) is 11.5. The third-order valence-corrected chi connectivity index (χ3v) is 6.22. The molecule has 0 unspecified atom stereocenters. The molecule has 1 fully saturated rings. The van der Waals surface area contributed by atoms with Crippen LogP contribution in [0.5, 0.6) is 0 Å². The molecule has 0 aliphatic carbocycles. The Hall–Kier alpha value is -3.82. The number of benzene rings is 3. The van der Waals surface area contributed by atoms with E-state index in [1.807, 2.05) is 24.3 Å². The minimum Gasteiger partial charge on any atom is -0.370 e. The minimum absolute atomic E-state index is 0.152. The van der Waals surface area contributed by atoms with E-state index in [-0.39, 0.29) is 6.04 Å². The number of anilines is 1. The normalized spacial score (nSPS) is 14.4. The van der Waals surface area contributed by atoms with Crippen LogP contribution < -0.4 is 10.6 Å². The molecule has 1 aliphatic rings. The fourth-order valence-corrected chi connectivity index (χ4v) is 4.48. The molecule has 0 bridgehead atoms. The summed E-state index contributed by atoms with van der Waals surface area (Å²) in [6, 6.07) is 19.3. The SMILES string of the molecule is N#Cc1ccc(-c2ccc3ncc(-c4cc(F)cc(F)c4)c(N4CCC(N)CC4)c3c2)cc1. The number of aromatic nitrogens is 1. The number of nitrogens with two attached hydrogens (primary N) is 1. The van der Waals surface area contributed by atoms with Crippen molar-refractivity contribution in [3.8, 4) is 28.3 Å². The van der Waals surface area contributed by atoms with Gasteiger partial charge in [-0.05, 0) is 65.9 Å². The van der Waals surface area contributed by atoms with Crippen molar-refractivity contribution in [2.45, 2.75) is 18.9 Å². The van der Waals surface area contributed by atoms with Crippen molar-refractivity contribution in [3.63, 3.8) is 0 Å². The molecular weight excluding hydrogens is 418 g/mol. The van der Waals surface area contributed by atoms with Crippen LogP contribution in [0.2, 0.25) is 0 Å². The third kappa shape index (κ3) is 4.15. The van der Waals surface area contributed by atoms with Gasteiger partial charge in [-0.25, -0.2) is 8.78 Å². The highest BCUT2D eigenvalue weighted by atomic mass is 19.1. The molecule has 33 heavy (non-hydrogen) atoms. The van der Waals surface area contributed by atoms with Crippen LogP contribution >= 0.6 is 0 Å². The summed E-state index contributed by atoms with van der Waals surface area (Å²) in [5.74, 6) is -1.24. The zero-order valence-electron chi connectivity index (χ0n) is 17.9. The number of pyridine rings is 1. The van der Waals surface area contributed by atoms with Crippen LogP contribution in [0, 0.1) is 23.0 Å². The molecule has 2 N–H and O–H groups in total. The molecule has 6 heteroatoms. The van der Waals surface area contributed by atoms with E-state index in [9.17, 15) is 8.78 Å². The monoisotopic (exact) mass is 440 g/mol. The van der Waals surface area contributed by atoms with Gasteiger partial charge in [0.2, 0.25) is 0 Å². The van der Waals surface area contributed by atoms with Gasteiger partial charge in [-0.1, -0.05) is 18.2 Å². The lowest BCUT2D eigenvalue weighted by Gasteiger charge is -2.34. The average molecular weight is 440 g/mol. The Bertz CT molecular complexity index is 1350. The zero-order valence-corrected chi connectivity index (χ0v) is 17.9. The lowest BCUT2D eigenvalue weighted by atomic mass is 9.96. The quantitative estimate of drug-likeness (QED) is 0.447. The first kappa shape index (κ1) is 21.0. The summed E-state index contributed by atoms with van der Waals surface area (Å²) in [7, 11) is 0. The fourth-order valence-electron chi connectivity index (χ4n) is 4.48. The maximum absolute atomic E-state index is 14.1. The van der Waals surface area contributed by atoms with Gasteiger partial charge >= 0.3 is 0 Å². The van der Waals surface area contributed by atoms with Crippen molar-refractivity contribution in [2.24, 2.45) is 5.73 Å². The van der Waals surface area contributed by atoms with Gasteiger partial charge in [-0.15, -0.1) is 0 Å². The molecule has 164 valence electrons. The largest absolute Gasteiger partial charge is 0.370 e. The first-order valence-corrected chi connectivity index (χ1v) is 10.9. The second-order valence-corrected chi connectivity index (χ2v) is 8.42. The van der Waals surface area contributed by atoms with E-state index < -0.39 is 11.6 Å². The van der Waals surface area contributed by atoms with Crippen LogP contribution in [0.15, 0.2) is 66.9 Å². The molecule has 4 nitrogen and oxygen atoms in total. The van der Waals surface area contributed by atoms with Gasteiger partial charge < -0.3 is 10.6 Å². The van der Waals surface area contributed by atoms with Gasteiger partial charge in [0.1, 0.15) is 11.6 Å². The van der Waals surface area contributed by atoms with Gasteiger partial charge in [0.05, 0.1) is 22.8 Å². The van der Waals surface area contributed by atoms with Crippen molar-refractivity contribution in [1.29, 1.82) is 5.26 Å². The molecule has 5 rings (SSSR count). The number of fused-ring (bicyclic) bond motifs is 1. The number of hydrogen-bond donors (Lipinski definition) is 1. The van der Waals surface area contributed by atoms with Crippen molar-refractivity contribution >= 4 is 16.6 Å². The highest BCUT2D eigenvalue weighted by molar-refractivity contribution is 6.01. The van der Waals surface area contributed by atoms with E-state index in [0.717, 1.165) is 59.7 Å². The lowest BCUT2D eigenvalue weighted by Crippen LogP contribution is -2.40. The lowest BCUT2D eigenvalue weighted by molar-refractivity contribution is 0.502. The molecule has 0 atom stereocenters. The molecule has 0 amide bonds. The molecule has 0 saturated carbocycles. The van der Waals surface area contributed by atoms with E-state index in [0.29, 0.717) is 16.7 Å². The summed E-state index contributed by atoms with van der Waals surface area (Å²) < 4.78 is 28.2. The summed E-state index contributed by atoms with van der Waals surface area (Å²) in [4.78, 5) is 6.85. The maximum atomic E-state index is 14.1. The standard InChI is InChI=1S/C27H22F2N4/c28-21-11-20(12-22(29)14-21)25-16-32-26-6-5-19(18-3-1-17(15-30)2-4-18)13-24(26)27(25)33-9-7-23(31)8-10-33/h1-6,11-14,16,23H,7-10,31H2. The van der Waals surface area contributed by atoms with Crippen LogP contribution in [-0.4, -0.2) is 24.1 Å². The van der Waals surface area contributed by atoms with Gasteiger partial charge in [0, 0.05) is 42.3 Å². The average Bonchev–Trinajstić information content (AvgIpc) is 2.83.